The summed E-state index contributed by atoms with van der Waals surface area (Å²) in [6.07, 6.45) is 0. The van der Waals surface area contributed by atoms with Gasteiger partial charge in [-0.3, -0.25) is 0 Å². The van der Waals surface area contributed by atoms with Crippen LogP contribution in [0.5, 0.6) is 5.75 Å². The fourth-order valence-corrected chi connectivity index (χ4v) is 1.23. The number of carbonyl (C=O) groups is 1. The highest BCUT2D eigenvalue weighted by Crippen LogP contribution is 2.27. The third-order valence-corrected chi connectivity index (χ3v) is 2.03. The van der Waals surface area contributed by atoms with Crippen molar-refractivity contribution in [3.8, 4) is 5.75 Å². The Morgan fingerprint density at radius 1 is 1.40 bits per heavy atom. The molecule has 0 aromatic heterocycles. The Hall–Kier alpha value is -1.30. The van der Waals surface area contributed by atoms with E-state index in [0.717, 1.165) is 6.07 Å². The molecule has 0 saturated heterocycles. The van der Waals surface area contributed by atoms with Crippen molar-refractivity contribution < 1.29 is 24.9 Å². The Morgan fingerprint density at radius 3 is 2.47 bits per heavy atom. The van der Waals surface area contributed by atoms with Gasteiger partial charge in [0.15, 0.2) is 0 Å². The molecule has 6 heteroatoms. The van der Waals surface area contributed by atoms with Gasteiger partial charge in [-0.05, 0) is 18.2 Å². The van der Waals surface area contributed by atoms with Crippen LogP contribution in [-0.4, -0.2) is 28.4 Å². The number of methoxy groups -OCH3 is 1. The van der Waals surface area contributed by atoms with E-state index in [9.17, 15) is 15.0 Å². The number of rotatable bonds is 3. The monoisotopic (exact) mass is 232 g/mol. The fraction of sp³-hybridized carbons (Fsp3) is 0.222. The first-order valence-corrected chi connectivity index (χ1v) is 4.29. The average Bonchev–Trinajstić information content (AvgIpc) is 2.16. The van der Waals surface area contributed by atoms with Crippen LogP contribution >= 0.6 is 11.6 Å². The van der Waals surface area contributed by atoms with E-state index in [4.69, 9.17) is 21.4 Å². The summed E-state index contributed by atoms with van der Waals surface area (Å²) in [4.78, 5) is 10.5. The van der Waals surface area contributed by atoms with Gasteiger partial charge in [0.2, 0.25) is 0 Å². The zero-order chi connectivity index (χ0) is 11.6. The molecule has 0 fully saturated rings. The van der Waals surface area contributed by atoms with Crippen molar-refractivity contribution in [3.63, 3.8) is 0 Å². The smallest absolute Gasteiger partial charge is 0.369 e. The van der Waals surface area contributed by atoms with Gasteiger partial charge in [-0.25, -0.2) is 4.79 Å². The minimum Gasteiger partial charge on any atom is -0.497 e. The highest BCUT2D eigenvalue weighted by Gasteiger charge is 2.36. The molecule has 0 unspecified atom stereocenters. The minimum atomic E-state index is -2.97. The Labute approximate surface area is 90.5 Å². The van der Waals surface area contributed by atoms with Crippen molar-refractivity contribution in [3.05, 3.63) is 28.8 Å². The molecule has 5 nitrogen and oxygen atoms in total. The number of carboxylic acids is 1. The second-order valence-corrected chi connectivity index (χ2v) is 3.29. The summed E-state index contributed by atoms with van der Waals surface area (Å²) in [6, 6.07) is 3.74. The minimum absolute atomic E-state index is 0.151. The normalized spacial score (nSPS) is 11.2. The van der Waals surface area contributed by atoms with Crippen LogP contribution in [0.1, 0.15) is 5.56 Å². The van der Waals surface area contributed by atoms with Crippen molar-refractivity contribution in [2.45, 2.75) is 5.79 Å². The van der Waals surface area contributed by atoms with Gasteiger partial charge >= 0.3 is 5.97 Å². The summed E-state index contributed by atoms with van der Waals surface area (Å²) in [5.74, 6) is -4.52. The highest BCUT2D eigenvalue weighted by molar-refractivity contribution is 6.30. The fourth-order valence-electron chi connectivity index (χ4n) is 1.01. The number of ether oxygens (including phenoxy) is 1. The molecule has 0 aliphatic carbocycles. The number of benzene rings is 1. The van der Waals surface area contributed by atoms with Crippen LogP contribution in [-0.2, 0) is 10.6 Å². The average molecular weight is 233 g/mol. The van der Waals surface area contributed by atoms with Crippen LogP contribution in [0.15, 0.2) is 18.2 Å². The van der Waals surface area contributed by atoms with Crippen LogP contribution in [0.4, 0.5) is 0 Å². The van der Waals surface area contributed by atoms with E-state index in [1.807, 2.05) is 0 Å². The number of halogens is 1. The van der Waals surface area contributed by atoms with E-state index in [2.05, 4.69) is 0 Å². The molecule has 3 N–H and O–H groups in total. The second kappa shape index (κ2) is 4.06. The topological polar surface area (TPSA) is 87.0 Å². The molecule has 1 rings (SSSR count). The molecular formula is C9H9ClO5. The van der Waals surface area contributed by atoms with E-state index in [-0.39, 0.29) is 16.3 Å². The van der Waals surface area contributed by atoms with E-state index in [1.54, 1.807) is 0 Å². The van der Waals surface area contributed by atoms with Gasteiger partial charge in [-0.15, -0.1) is 0 Å². The number of aliphatic carboxylic acids is 1. The SMILES string of the molecule is COc1cc(Cl)cc(C(O)(O)C(=O)O)c1. The maximum absolute atomic E-state index is 10.5. The molecule has 0 bridgehead atoms. The lowest BCUT2D eigenvalue weighted by molar-refractivity contribution is -0.208. The lowest BCUT2D eigenvalue weighted by atomic mass is 10.1. The van der Waals surface area contributed by atoms with Gasteiger partial charge in [0.25, 0.3) is 5.79 Å². The summed E-state index contributed by atoms with van der Waals surface area (Å²) in [5, 5.41) is 27.2. The second-order valence-electron chi connectivity index (χ2n) is 2.86. The molecule has 82 valence electrons. The van der Waals surface area contributed by atoms with Crippen LogP contribution in [0.3, 0.4) is 0 Å². The van der Waals surface area contributed by atoms with E-state index in [0.29, 0.717) is 0 Å². The molecule has 0 saturated carbocycles. The summed E-state index contributed by atoms with van der Waals surface area (Å²) >= 11 is 5.64. The third kappa shape index (κ3) is 2.38. The highest BCUT2D eigenvalue weighted by atomic mass is 35.5. The molecule has 1 aromatic rings. The van der Waals surface area contributed by atoms with Crippen molar-refractivity contribution >= 4 is 17.6 Å². The zero-order valence-electron chi connectivity index (χ0n) is 7.77. The Bertz CT molecular complexity index is 388. The van der Waals surface area contributed by atoms with Gasteiger partial charge in [-0.2, -0.15) is 0 Å². The Balaban J connectivity index is 3.25. The van der Waals surface area contributed by atoms with Crippen LogP contribution in [0.25, 0.3) is 0 Å². The standard InChI is InChI=1S/C9H9ClO5/c1-15-7-3-5(2-6(10)4-7)9(13,14)8(11)12/h2-4,13-14H,1H3,(H,11,12). The first-order chi connectivity index (χ1) is 6.87. The molecule has 0 heterocycles. The molecule has 1 aromatic carbocycles. The van der Waals surface area contributed by atoms with Crippen molar-refractivity contribution in [2.75, 3.05) is 7.11 Å². The van der Waals surface area contributed by atoms with Crippen LogP contribution in [0, 0.1) is 0 Å². The van der Waals surface area contributed by atoms with Gasteiger partial charge in [0.05, 0.1) is 7.11 Å². The number of hydrogen-bond acceptors (Lipinski definition) is 4. The lowest BCUT2D eigenvalue weighted by Crippen LogP contribution is -2.35. The summed E-state index contributed by atoms with van der Waals surface area (Å²) < 4.78 is 4.81. The summed E-state index contributed by atoms with van der Waals surface area (Å²) in [7, 11) is 1.35. The maximum Gasteiger partial charge on any atom is 0.369 e. The first kappa shape index (κ1) is 11.8. The summed E-state index contributed by atoms with van der Waals surface area (Å²) in [5.41, 5.74) is -0.264. The predicted molar refractivity (Wildman–Crippen MR) is 51.8 cm³/mol. The van der Waals surface area contributed by atoms with Crippen LogP contribution < -0.4 is 4.74 Å². The molecule has 0 atom stereocenters. The number of carboxylic acid groups (broad SMARTS) is 1. The number of hydrogen-bond donors (Lipinski definition) is 3. The Morgan fingerprint density at radius 2 is 2.00 bits per heavy atom. The van der Waals surface area contributed by atoms with Gasteiger partial charge in [-0.1, -0.05) is 11.6 Å². The molecular weight excluding hydrogens is 224 g/mol. The van der Waals surface area contributed by atoms with Crippen molar-refractivity contribution in [2.24, 2.45) is 0 Å². The van der Waals surface area contributed by atoms with Gasteiger partial charge < -0.3 is 20.1 Å². The van der Waals surface area contributed by atoms with E-state index < -0.39 is 11.8 Å². The van der Waals surface area contributed by atoms with Crippen molar-refractivity contribution in [1.82, 2.24) is 0 Å². The zero-order valence-corrected chi connectivity index (χ0v) is 8.52. The van der Waals surface area contributed by atoms with E-state index >= 15 is 0 Å². The van der Waals surface area contributed by atoms with Gasteiger partial charge in [0.1, 0.15) is 5.75 Å². The first-order valence-electron chi connectivity index (χ1n) is 3.91. The molecule has 0 aliphatic rings. The summed E-state index contributed by atoms with van der Waals surface area (Å²) in [6.45, 7) is 0. The molecule has 15 heavy (non-hydrogen) atoms. The largest absolute Gasteiger partial charge is 0.497 e. The molecule has 0 amide bonds. The van der Waals surface area contributed by atoms with E-state index in [1.165, 1.54) is 19.2 Å². The molecule has 0 radical (unpaired) electrons. The molecule has 0 aliphatic heterocycles. The third-order valence-electron chi connectivity index (χ3n) is 1.81. The van der Waals surface area contributed by atoms with Crippen molar-refractivity contribution in [1.29, 1.82) is 0 Å². The number of aliphatic hydroxyl groups is 2. The maximum atomic E-state index is 10.5. The lowest BCUT2D eigenvalue weighted by Gasteiger charge is -2.17. The van der Waals surface area contributed by atoms with Gasteiger partial charge in [0, 0.05) is 10.6 Å². The quantitative estimate of drug-likeness (QED) is 0.664. The van der Waals surface area contributed by atoms with Crippen LogP contribution in [0.2, 0.25) is 5.02 Å². The Kier molecular flexibility index (Phi) is 3.18. The predicted octanol–water partition coefficient (Wildman–Crippen LogP) is 0.571. The molecule has 0 spiro atoms.